The van der Waals surface area contributed by atoms with Crippen molar-refractivity contribution in [2.24, 2.45) is 5.73 Å². The van der Waals surface area contributed by atoms with Gasteiger partial charge in [0.1, 0.15) is 5.82 Å². The highest BCUT2D eigenvalue weighted by Gasteiger charge is 2.16. The van der Waals surface area contributed by atoms with Gasteiger partial charge in [-0.15, -0.1) is 0 Å². The van der Waals surface area contributed by atoms with Gasteiger partial charge in [0.2, 0.25) is 0 Å². The predicted molar refractivity (Wildman–Crippen MR) is 82.7 cm³/mol. The van der Waals surface area contributed by atoms with E-state index in [1.165, 1.54) is 11.6 Å². The van der Waals surface area contributed by atoms with Gasteiger partial charge in [0.05, 0.1) is 0 Å². The Kier molecular flexibility index (Phi) is 4.46. The monoisotopic (exact) mass is 291 g/mol. The number of aryl methyl sites for hydroxylation is 3. The summed E-state index contributed by atoms with van der Waals surface area (Å²) in [6, 6.07) is 8.67. The van der Waals surface area contributed by atoms with E-state index in [4.69, 9.17) is 17.3 Å². The minimum absolute atomic E-state index is 0.259. The van der Waals surface area contributed by atoms with Crippen LogP contribution in [0.1, 0.15) is 33.9 Å². The fourth-order valence-electron chi connectivity index (χ4n) is 2.83. The summed E-state index contributed by atoms with van der Waals surface area (Å²) >= 11 is 6.07. The molecular formula is C17H19ClFN. The highest BCUT2D eigenvalue weighted by atomic mass is 35.5. The number of benzene rings is 2. The van der Waals surface area contributed by atoms with Crippen molar-refractivity contribution < 1.29 is 4.39 Å². The lowest BCUT2D eigenvalue weighted by Gasteiger charge is -2.19. The highest BCUT2D eigenvalue weighted by molar-refractivity contribution is 6.31. The molecule has 0 fully saturated rings. The van der Waals surface area contributed by atoms with Crippen molar-refractivity contribution in [1.29, 1.82) is 0 Å². The number of hydrogen-bond donors (Lipinski definition) is 1. The summed E-state index contributed by atoms with van der Waals surface area (Å²) in [5, 5.41) is 0.433. The lowest BCUT2D eigenvalue weighted by Crippen LogP contribution is -2.17. The Labute approximate surface area is 124 Å². The molecule has 1 nitrogen and oxygen atoms in total. The van der Waals surface area contributed by atoms with Crippen LogP contribution in [0.15, 0.2) is 30.3 Å². The molecule has 0 aromatic heterocycles. The van der Waals surface area contributed by atoms with Crippen molar-refractivity contribution >= 4 is 11.6 Å². The molecule has 1 unspecified atom stereocenters. The first-order chi connectivity index (χ1) is 9.40. The maximum atomic E-state index is 13.9. The van der Waals surface area contributed by atoms with E-state index >= 15 is 0 Å². The summed E-state index contributed by atoms with van der Waals surface area (Å²) < 4.78 is 13.9. The van der Waals surface area contributed by atoms with Crippen LogP contribution in [0.5, 0.6) is 0 Å². The standard InChI is InChI=1S/C17H19ClFN/c1-10-7-11(2)17(12(3)8-10)16(20)9-13-14(18)5-4-6-15(13)19/h4-8,16H,9,20H2,1-3H3. The average molecular weight is 292 g/mol. The molecule has 2 aromatic carbocycles. The summed E-state index contributed by atoms with van der Waals surface area (Å²) in [5.41, 5.74) is 11.3. The van der Waals surface area contributed by atoms with E-state index in [-0.39, 0.29) is 11.9 Å². The lowest BCUT2D eigenvalue weighted by molar-refractivity contribution is 0.592. The van der Waals surface area contributed by atoms with Crippen LogP contribution in [0.3, 0.4) is 0 Å². The van der Waals surface area contributed by atoms with Crippen LogP contribution in [0.4, 0.5) is 4.39 Å². The third-order valence-electron chi connectivity index (χ3n) is 3.59. The molecule has 0 saturated heterocycles. The fraction of sp³-hybridized carbons (Fsp3) is 0.294. The summed E-state index contributed by atoms with van der Waals surface area (Å²) in [7, 11) is 0. The second-order valence-electron chi connectivity index (χ2n) is 5.32. The van der Waals surface area contributed by atoms with Gasteiger partial charge in [-0.05, 0) is 56.0 Å². The number of halogens is 2. The van der Waals surface area contributed by atoms with Gasteiger partial charge >= 0.3 is 0 Å². The zero-order valence-corrected chi connectivity index (χ0v) is 12.8. The maximum absolute atomic E-state index is 13.9. The fourth-order valence-corrected chi connectivity index (χ4v) is 3.07. The molecule has 2 aromatic rings. The van der Waals surface area contributed by atoms with Crippen LogP contribution in [0, 0.1) is 26.6 Å². The van der Waals surface area contributed by atoms with Gasteiger partial charge < -0.3 is 5.73 Å². The summed E-state index contributed by atoms with van der Waals surface area (Å²) in [6.45, 7) is 6.14. The predicted octanol–water partition coefficient (Wildman–Crippen LogP) is 4.65. The smallest absolute Gasteiger partial charge is 0.127 e. The topological polar surface area (TPSA) is 26.0 Å². The normalized spacial score (nSPS) is 12.5. The maximum Gasteiger partial charge on any atom is 0.127 e. The van der Waals surface area contributed by atoms with E-state index in [1.807, 2.05) is 13.8 Å². The Morgan fingerprint density at radius 3 is 2.30 bits per heavy atom. The minimum Gasteiger partial charge on any atom is -0.324 e. The Morgan fingerprint density at radius 2 is 1.75 bits per heavy atom. The molecule has 106 valence electrons. The van der Waals surface area contributed by atoms with Crippen molar-refractivity contribution in [2.45, 2.75) is 33.2 Å². The Hall–Kier alpha value is -1.38. The zero-order chi connectivity index (χ0) is 14.9. The molecule has 0 amide bonds. The van der Waals surface area contributed by atoms with Gasteiger partial charge in [0, 0.05) is 16.6 Å². The first-order valence-electron chi connectivity index (χ1n) is 6.66. The van der Waals surface area contributed by atoms with E-state index in [0.717, 1.165) is 16.7 Å². The quantitative estimate of drug-likeness (QED) is 0.875. The third-order valence-corrected chi connectivity index (χ3v) is 3.95. The van der Waals surface area contributed by atoms with E-state index in [2.05, 4.69) is 19.1 Å². The van der Waals surface area contributed by atoms with E-state index in [9.17, 15) is 4.39 Å². The number of nitrogens with two attached hydrogens (primary N) is 1. The SMILES string of the molecule is Cc1cc(C)c(C(N)Cc2c(F)cccc2Cl)c(C)c1. The van der Waals surface area contributed by atoms with Crippen LogP contribution >= 0.6 is 11.6 Å². The number of rotatable bonds is 3. The van der Waals surface area contributed by atoms with Crippen molar-refractivity contribution in [2.75, 3.05) is 0 Å². The molecule has 0 aliphatic rings. The summed E-state index contributed by atoms with van der Waals surface area (Å²) in [4.78, 5) is 0. The molecule has 3 heteroatoms. The molecule has 0 aliphatic carbocycles. The van der Waals surface area contributed by atoms with Gasteiger partial charge in [-0.25, -0.2) is 4.39 Å². The van der Waals surface area contributed by atoms with Crippen molar-refractivity contribution in [3.63, 3.8) is 0 Å². The largest absolute Gasteiger partial charge is 0.324 e. The van der Waals surface area contributed by atoms with Gasteiger partial charge in [-0.2, -0.15) is 0 Å². The summed E-state index contributed by atoms with van der Waals surface area (Å²) in [6.07, 6.45) is 0.399. The first-order valence-corrected chi connectivity index (χ1v) is 7.04. The van der Waals surface area contributed by atoms with Crippen molar-refractivity contribution in [3.8, 4) is 0 Å². The van der Waals surface area contributed by atoms with Gasteiger partial charge in [-0.1, -0.05) is 35.4 Å². The van der Waals surface area contributed by atoms with E-state index in [0.29, 0.717) is 17.0 Å². The Balaban J connectivity index is 2.36. The lowest BCUT2D eigenvalue weighted by atomic mass is 9.91. The van der Waals surface area contributed by atoms with Gasteiger partial charge in [-0.3, -0.25) is 0 Å². The van der Waals surface area contributed by atoms with Crippen LogP contribution in [0.25, 0.3) is 0 Å². The second kappa shape index (κ2) is 5.94. The minimum atomic E-state index is -0.296. The molecule has 0 spiro atoms. The van der Waals surface area contributed by atoms with Crippen molar-refractivity contribution in [1.82, 2.24) is 0 Å². The van der Waals surface area contributed by atoms with Gasteiger partial charge in [0.25, 0.3) is 0 Å². The third kappa shape index (κ3) is 3.02. The number of hydrogen-bond acceptors (Lipinski definition) is 1. The Morgan fingerprint density at radius 1 is 1.15 bits per heavy atom. The molecule has 20 heavy (non-hydrogen) atoms. The Bertz CT molecular complexity index is 594. The molecule has 2 N–H and O–H groups in total. The van der Waals surface area contributed by atoms with Crippen LogP contribution in [-0.4, -0.2) is 0 Å². The first kappa shape index (κ1) is 15.0. The van der Waals surface area contributed by atoms with E-state index < -0.39 is 0 Å². The molecule has 1 atom stereocenters. The molecule has 2 rings (SSSR count). The average Bonchev–Trinajstić information content (AvgIpc) is 2.32. The zero-order valence-electron chi connectivity index (χ0n) is 12.0. The molecule has 0 heterocycles. The molecule has 0 saturated carbocycles. The van der Waals surface area contributed by atoms with Crippen molar-refractivity contribution in [3.05, 3.63) is 69.0 Å². The van der Waals surface area contributed by atoms with E-state index in [1.54, 1.807) is 12.1 Å². The molecule has 0 aliphatic heterocycles. The molecule has 0 radical (unpaired) electrons. The molecule has 0 bridgehead atoms. The second-order valence-corrected chi connectivity index (χ2v) is 5.73. The molecular weight excluding hydrogens is 273 g/mol. The van der Waals surface area contributed by atoms with Crippen LogP contribution in [-0.2, 0) is 6.42 Å². The summed E-state index contributed by atoms with van der Waals surface area (Å²) in [5.74, 6) is -0.296. The van der Waals surface area contributed by atoms with Gasteiger partial charge in [0.15, 0.2) is 0 Å². The van der Waals surface area contributed by atoms with Crippen LogP contribution < -0.4 is 5.73 Å². The highest BCUT2D eigenvalue weighted by Crippen LogP contribution is 2.28. The van der Waals surface area contributed by atoms with Crippen LogP contribution in [0.2, 0.25) is 5.02 Å².